The molecule has 0 radical (unpaired) electrons. The van der Waals surface area contributed by atoms with E-state index in [1.165, 1.54) is 130 Å². The summed E-state index contributed by atoms with van der Waals surface area (Å²) in [4.78, 5) is 2.47. The molecule has 4 heterocycles. The van der Waals surface area contributed by atoms with E-state index in [4.69, 9.17) is 0 Å². The molecule has 0 aliphatic heterocycles. The zero-order chi connectivity index (χ0) is 37.5. The number of fused-ring (bicyclic) bond motifs is 16. The van der Waals surface area contributed by atoms with Crippen LogP contribution in [0.1, 0.15) is 11.1 Å². The molecule has 0 saturated heterocycles. The van der Waals surface area contributed by atoms with Gasteiger partial charge in [0.15, 0.2) is 0 Å². The van der Waals surface area contributed by atoms with Crippen molar-refractivity contribution < 1.29 is 0 Å². The number of benzene rings is 9. The number of hydrogen-bond acceptors (Lipinski definition) is 5. The highest BCUT2D eigenvalue weighted by Gasteiger charge is 2.20. The first-order valence-corrected chi connectivity index (χ1v) is 22.6. The Morgan fingerprint density at radius 1 is 0.333 bits per heavy atom. The third-order valence-corrected chi connectivity index (χ3v) is 16.5. The van der Waals surface area contributed by atoms with E-state index >= 15 is 0 Å². The molecule has 0 atom stereocenters. The molecular formula is C52H31NS4. The van der Waals surface area contributed by atoms with Crippen LogP contribution in [0.15, 0.2) is 152 Å². The van der Waals surface area contributed by atoms with Gasteiger partial charge in [0.2, 0.25) is 0 Å². The molecule has 0 unspecified atom stereocenters. The Morgan fingerprint density at radius 3 is 1.32 bits per heavy atom. The monoisotopic (exact) mass is 797 g/mol. The molecule has 9 aromatic carbocycles. The van der Waals surface area contributed by atoms with E-state index in [-0.39, 0.29) is 0 Å². The summed E-state index contributed by atoms with van der Waals surface area (Å²) in [5.41, 5.74) is 6.11. The van der Waals surface area contributed by atoms with E-state index in [1.54, 1.807) is 0 Å². The SMILES string of the molecule is Cc1ccc(N(c2ccc3c(c2)sc2cc4c(cc23)sc2ccc3ccccc3c24)c2ccc3c(c2)sc2cc4c(cc23)sc2ccc3ccccc3c24)c(C)c1. The van der Waals surface area contributed by atoms with Crippen LogP contribution < -0.4 is 4.90 Å². The van der Waals surface area contributed by atoms with Crippen LogP contribution in [0, 0.1) is 13.8 Å². The van der Waals surface area contributed by atoms with Crippen LogP contribution in [0.2, 0.25) is 0 Å². The van der Waals surface area contributed by atoms with Crippen molar-refractivity contribution in [3.05, 3.63) is 163 Å². The maximum atomic E-state index is 2.47. The molecule has 268 valence electrons. The van der Waals surface area contributed by atoms with Gasteiger partial charge in [0.25, 0.3) is 0 Å². The molecule has 0 saturated carbocycles. The lowest BCUT2D eigenvalue weighted by molar-refractivity contribution is 1.25. The first-order chi connectivity index (χ1) is 28.0. The first-order valence-electron chi connectivity index (χ1n) is 19.3. The number of aryl methyl sites for hydroxylation is 2. The summed E-state index contributed by atoms with van der Waals surface area (Å²) in [6.45, 7) is 4.42. The molecule has 0 bridgehead atoms. The molecule has 1 nitrogen and oxygen atoms in total. The molecule has 5 heteroatoms. The van der Waals surface area contributed by atoms with E-state index in [0.717, 1.165) is 0 Å². The van der Waals surface area contributed by atoms with Crippen LogP contribution in [-0.2, 0) is 0 Å². The second kappa shape index (κ2) is 11.9. The molecule has 0 aliphatic rings. The van der Waals surface area contributed by atoms with Crippen LogP contribution in [0.25, 0.3) is 102 Å². The highest BCUT2D eigenvalue weighted by Crippen LogP contribution is 2.48. The summed E-state index contributed by atoms with van der Waals surface area (Å²) in [7, 11) is 0. The maximum Gasteiger partial charge on any atom is 0.0490 e. The van der Waals surface area contributed by atoms with Crippen LogP contribution in [0.3, 0.4) is 0 Å². The number of anilines is 3. The molecule has 0 amide bonds. The Balaban J connectivity index is 0.984. The third kappa shape index (κ3) is 4.71. The van der Waals surface area contributed by atoms with Gasteiger partial charge in [-0.1, -0.05) is 90.5 Å². The number of hydrogen-bond donors (Lipinski definition) is 0. The van der Waals surface area contributed by atoms with Crippen molar-refractivity contribution >= 4 is 165 Å². The normalized spacial score (nSPS) is 12.4. The Bertz CT molecular complexity index is 3630. The minimum absolute atomic E-state index is 1.18. The largest absolute Gasteiger partial charge is 0.310 e. The van der Waals surface area contributed by atoms with Crippen LogP contribution in [-0.4, -0.2) is 0 Å². The molecule has 0 fully saturated rings. The van der Waals surface area contributed by atoms with Crippen molar-refractivity contribution in [3.63, 3.8) is 0 Å². The van der Waals surface area contributed by atoms with Crippen molar-refractivity contribution in [2.24, 2.45) is 0 Å². The highest BCUT2D eigenvalue weighted by molar-refractivity contribution is 7.28. The van der Waals surface area contributed by atoms with E-state index in [9.17, 15) is 0 Å². The van der Waals surface area contributed by atoms with Gasteiger partial charge in [0.1, 0.15) is 0 Å². The van der Waals surface area contributed by atoms with Gasteiger partial charge >= 0.3 is 0 Å². The van der Waals surface area contributed by atoms with Gasteiger partial charge in [0, 0.05) is 97.8 Å². The molecule has 0 aliphatic carbocycles. The third-order valence-electron chi connectivity index (χ3n) is 12.0. The smallest absolute Gasteiger partial charge is 0.0490 e. The van der Waals surface area contributed by atoms with E-state index in [0.29, 0.717) is 0 Å². The molecule has 0 N–H and O–H groups in total. The standard InChI is InChI=1S/C52H31NS4/c1-28-11-18-42(29(2)21-28)53(32-14-16-36-38-24-49-40(26-47(38)56-45(36)22-32)51-34-9-5-3-7-30(34)12-19-43(51)54-49)33-15-17-37-39-25-50-41(27-48(39)57-46(37)23-33)52-35-10-6-4-8-31(35)13-20-44(52)55-50/h3-27H,1-2H3. The van der Waals surface area contributed by atoms with Crippen molar-refractivity contribution in [2.75, 3.05) is 4.90 Å². The minimum atomic E-state index is 1.18. The van der Waals surface area contributed by atoms with Crippen LogP contribution in [0.4, 0.5) is 17.1 Å². The zero-order valence-electron chi connectivity index (χ0n) is 31.0. The average Bonchev–Trinajstić information content (AvgIpc) is 3.99. The van der Waals surface area contributed by atoms with Gasteiger partial charge in [-0.05, 0) is 108 Å². The summed E-state index contributed by atoms with van der Waals surface area (Å²) in [5.74, 6) is 0. The molecule has 4 aromatic heterocycles. The van der Waals surface area contributed by atoms with E-state index < -0.39 is 0 Å². The van der Waals surface area contributed by atoms with Crippen LogP contribution in [0.5, 0.6) is 0 Å². The lowest BCUT2D eigenvalue weighted by Crippen LogP contribution is -2.11. The Hall–Kier alpha value is -5.82. The quantitative estimate of drug-likeness (QED) is 0.172. The highest BCUT2D eigenvalue weighted by atomic mass is 32.1. The van der Waals surface area contributed by atoms with Crippen LogP contribution >= 0.6 is 45.3 Å². The molecule has 13 aromatic rings. The number of nitrogens with zero attached hydrogens (tertiary/aromatic N) is 1. The topological polar surface area (TPSA) is 3.24 Å². The predicted molar refractivity (Wildman–Crippen MR) is 257 cm³/mol. The van der Waals surface area contributed by atoms with Crippen molar-refractivity contribution in [3.8, 4) is 0 Å². The van der Waals surface area contributed by atoms with Gasteiger partial charge in [-0.2, -0.15) is 0 Å². The van der Waals surface area contributed by atoms with Gasteiger partial charge in [-0.15, -0.1) is 45.3 Å². The lowest BCUT2D eigenvalue weighted by Gasteiger charge is -2.27. The molecule has 57 heavy (non-hydrogen) atoms. The second-order valence-corrected chi connectivity index (χ2v) is 19.7. The van der Waals surface area contributed by atoms with E-state index in [2.05, 4.69) is 170 Å². The minimum Gasteiger partial charge on any atom is -0.310 e. The van der Waals surface area contributed by atoms with Gasteiger partial charge in [0.05, 0.1) is 0 Å². The Morgan fingerprint density at radius 2 is 0.789 bits per heavy atom. The summed E-state index contributed by atoms with van der Waals surface area (Å²) >= 11 is 7.64. The second-order valence-electron chi connectivity index (χ2n) is 15.4. The summed E-state index contributed by atoms with van der Waals surface area (Å²) < 4.78 is 10.7. The fourth-order valence-corrected chi connectivity index (χ4v) is 14.0. The van der Waals surface area contributed by atoms with E-state index in [1.807, 2.05) is 45.3 Å². The van der Waals surface area contributed by atoms with Crippen molar-refractivity contribution in [1.82, 2.24) is 0 Å². The maximum absolute atomic E-state index is 2.47. The Kier molecular flexibility index (Phi) is 6.71. The van der Waals surface area contributed by atoms with Crippen molar-refractivity contribution in [2.45, 2.75) is 13.8 Å². The first kappa shape index (κ1) is 32.3. The fourth-order valence-electron chi connectivity index (χ4n) is 9.37. The summed E-state index contributed by atoms with van der Waals surface area (Å²) in [6.07, 6.45) is 0. The molecule has 13 rings (SSSR count). The van der Waals surface area contributed by atoms with Gasteiger partial charge in [-0.3, -0.25) is 0 Å². The van der Waals surface area contributed by atoms with Gasteiger partial charge in [-0.25, -0.2) is 0 Å². The van der Waals surface area contributed by atoms with Crippen molar-refractivity contribution in [1.29, 1.82) is 0 Å². The summed E-state index contributed by atoms with van der Waals surface area (Å²) in [6, 6.07) is 57.5. The molecule has 0 spiro atoms. The fraction of sp³-hybridized carbons (Fsp3) is 0.0385. The number of rotatable bonds is 3. The predicted octanol–water partition coefficient (Wildman–Crippen LogP) is 17.6. The zero-order valence-corrected chi connectivity index (χ0v) is 34.3. The number of thiophene rings is 4. The average molecular weight is 798 g/mol. The van der Waals surface area contributed by atoms with Gasteiger partial charge < -0.3 is 4.90 Å². The Labute approximate surface area is 343 Å². The molecular weight excluding hydrogens is 767 g/mol. The lowest BCUT2D eigenvalue weighted by atomic mass is 10.0. The summed E-state index contributed by atoms with van der Waals surface area (Å²) in [5, 5.41) is 16.1.